The second-order valence-corrected chi connectivity index (χ2v) is 6.30. The Morgan fingerprint density at radius 3 is 3.00 bits per heavy atom. The minimum Gasteiger partial charge on any atom is -0.330 e. The maximum atomic E-state index is 12.3. The molecule has 1 fully saturated rings. The fraction of sp³-hybridized carbons (Fsp3) is 0.500. The van der Waals surface area contributed by atoms with E-state index in [-0.39, 0.29) is 22.5 Å². The molecule has 0 spiro atoms. The Labute approximate surface area is 112 Å². The van der Waals surface area contributed by atoms with Gasteiger partial charge in [0.1, 0.15) is 11.0 Å². The molecule has 7 heteroatoms. The van der Waals surface area contributed by atoms with E-state index in [0.717, 1.165) is 19.3 Å². The second-order valence-electron chi connectivity index (χ2n) is 4.62. The molecule has 1 saturated carbocycles. The molecule has 1 aliphatic rings. The van der Waals surface area contributed by atoms with Gasteiger partial charge in [0.25, 0.3) is 0 Å². The highest BCUT2D eigenvalue weighted by atomic mass is 32.2. The van der Waals surface area contributed by atoms with E-state index >= 15 is 0 Å². The van der Waals surface area contributed by atoms with Gasteiger partial charge in [0, 0.05) is 12.2 Å². The monoisotopic (exact) mass is 280 g/mol. The molecule has 0 bridgehead atoms. The topological polar surface area (TPSA) is 109 Å². The van der Waals surface area contributed by atoms with Crippen molar-refractivity contribution >= 4 is 10.0 Å². The van der Waals surface area contributed by atoms with Crippen LogP contribution in [0, 0.1) is 17.2 Å². The second kappa shape index (κ2) is 5.65. The van der Waals surface area contributed by atoms with Gasteiger partial charge in [-0.2, -0.15) is 5.26 Å². The molecular weight excluding hydrogens is 264 g/mol. The van der Waals surface area contributed by atoms with Gasteiger partial charge < -0.3 is 5.73 Å². The normalized spacial score (nSPS) is 23.2. The number of pyridine rings is 1. The summed E-state index contributed by atoms with van der Waals surface area (Å²) in [5, 5.41) is 8.92. The molecule has 1 aromatic heterocycles. The molecule has 0 radical (unpaired) electrons. The van der Waals surface area contributed by atoms with Crippen molar-refractivity contribution in [1.82, 2.24) is 9.71 Å². The third kappa shape index (κ3) is 2.92. The molecule has 2 unspecified atom stereocenters. The van der Waals surface area contributed by atoms with E-state index in [1.54, 1.807) is 6.07 Å². The van der Waals surface area contributed by atoms with Crippen molar-refractivity contribution in [3.63, 3.8) is 0 Å². The average Bonchev–Trinajstić information content (AvgIpc) is 2.85. The summed E-state index contributed by atoms with van der Waals surface area (Å²) in [5.41, 5.74) is 5.55. The van der Waals surface area contributed by atoms with Crippen molar-refractivity contribution in [2.24, 2.45) is 11.7 Å². The van der Waals surface area contributed by atoms with Crippen LogP contribution < -0.4 is 10.5 Å². The summed E-state index contributed by atoms with van der Waals surface area (Å²) in [7, 11) is -3.72. The number of hydrogen-bond donors (Lipinski definition) is 2. The van der Waals surface area contributed by atoms with Crippen molar-refractivity contribution < 1.29 is 8.42 Å². The lowest BCUT2D eigenvalue weighted by Gasteiger charge is -2.19. The Morgan fingerprint density at radius 2 is 2.32 bits per heavy atom. The first kappa shape index (κ1) is 13.9. The minimum atomic E-state index is -3.72. The number of nitrogens with two attached hydrogens (primary N) is 1. The summed E-state index contributed by atoms with van der Waals surface area (Å²) in [5.74, 6) is 0.164. The largest absolute Gasteiger partial charge is 0.330 e. The number of sulfonamides is 1. The lowest BCUT2D eigenvalue weighted by Crippen LogP contribution is -2.40. The number of nitrogens with one attached hydrogen (secondary N) is 1. The van der Waals surface area contributed by atoms with Gasteiger partial charge in [0.15, 0.2) is 5.69 Å². The molecule has 0 amide bonds. The van der Waals surface area contributed by atoms with E-state index in [4.69, 9.17) is 11.0 Å². The Hall–Kier alpha value is -1.49. The molecule has 0 saturated heterocycles. The number of hydrogen-bond acceptors (Lipinski definition) is 5. The molecular formula is C12H16N4O2S. The lowest BCUT2D eigenvalue weighted by atomic mass is 10.1. The Bertz CT molecular complexity index is 594. The van der Waals surface area contributed by atoms with E-state index in [9.17, 15) is 8.42 Å². The molecule has 2 rings (SSSR count). The van der Waals surface area contributed by atoms with Gasteiger partial charge in [-0.25, -0.2) is 18.1 Å². The van der Waals surface area contributed by atoms with Gasteiger partial charge in [0.2, 0.25) is 10.0 Å². The van der Waals surface area contributed by atoms with Crippen LogP contribution in [0.4, 0.5) is 0 Å². The lowest BCUT2D eigenvalue weighted by molar-refractivity contribution is 0.452. The highest BCUT2D eigenvalue weighted by molar-refractivity contribution is 7.89. The summed E-state index contributed by atoms with van der Waals surface area (Å²) in [4.78, 5) is 3.70. The number of rotatable bonds is 4. The van der Waals surface area contributed by atoms with E-state index in [2.05, 4.69) is 9.71 Å². The predicted octanol–water partition coefficient (Wildman–Crippen LogP) is 0.359. The molecule has 6 nitrogen and oxygen atoms in total. The molecule has 3 N–H and O–H groups in total. The molecule has 1 heterocycles. The van der Waals surface area contributed by atoms with Crippen LogP contribution in [0.1, 0.15) is 25.0 Å². The van der Waals surface area contributed by atoms with E-state index in [1.165, 1.54) is 18.3 Å². The van der Waals surface area contributed by atoms with Crippen LogP contribution in [0.25, 0.3) is 0 Å². The zero-order chi connectivity index (χ0) is 13.9. The molecule has 0 aromatic carbocycles. The molecule has 1 aromatic rings. The standard InChI is InChI=1S/C12H16N4O2S/c13-7-9-3-1-4-10(9)16-19(17,18)12-5-2-6-15-11(12)8-14/h2,5-6,9-10,16H,1,3-4,7,13H2. The quantitative estimate of drug-likeness (QED) is 0.827. The van der Waals surface area contributed by atoms with Crippen LogP contribution in [0.5, 0.6) is 0 Å². The summed E-state index contributed by atoms with van der Waals surface area (Å²) >= 11 is 0. The van der Waals surface area contributed by atoms with E-state index < -0.39 is 10.0 Å². The maximum Gasteiger partial charge on any atom is 0.243 e. The Balaban J connectivity index is 2.26. The van der Waals surface area contributed by atoms with Gasteiger partial charge in [-0.3, -0.25) is 0 Å². The minimum absolute atomic E-state index is 0.0693. The number of aromatic nitrogens is 1. The van der Waals surface area contributed by atoms with Crippen molar-refractivity contribution in [1.29, 1.82) is 5.26 Å². The Kier molecular flexibility index (Phi) is 4.14. The molecule has 0 aliphatic heterocycles. The summed E-state index contributed by atoms with van der Waals surface area (Å²) in [6.07, 6.45) is 4.08. The fourth-order valence-electron chi connectivity index (χ4n) is 2.43. The van der Waals surface area contributed by atoms with Crippen molar-refractivity contribution in [2.75, 3.05) is 6.54 Å². The van der Waals surface area contributed by atoms with Crippen molar-refractivity contribution in [3.8, 4) is 6.07 Å². The SMILES string of the molecule is N#Cc1ncccc1S(=O)(=O)NC1CCCC1CN. The zero-order valence-corrected chi connectivity index (χ0v) is 11.2. The van der Waals surface area contributed by atoms with Gasteiger partial charge in [-0.1, -0.05) is 6.42 Å². The number of nitrogens with zero attached hydrogens (tertiary/aromatic N) is 2. The van der Waals surface area contributed by atoms with Gasteiger partial charge >= 0.3 is 0 Å². The summed E-state index contributed by atoms with van der Waals surface area (Å²) in [6, 6.07) is 4.54. The van der Waals surface area contributed by atoms with Gasteiger partial charge in [-0.05, 0) is 37.4 Å². The first-order chi connectivity index (χ1) is 9.08. The highest BCUT2D eigenvalue weighted by Gasteiger charge is 2.31. The molecule has 19 heavy (non-hydrogen) atoms. The van der Waals surface area contributed by atoms with Crippen LogP contribution in [-0.2, 0) is 10.0 Å². The van der Waals surface area contributed by atoms with E-state index in [0.29, 0.717) is 6.54 Å². The zero-order valence-electron chi connectivity index (χ0n) is 10.4. The first-order valence-corrected chi connectivity index (χ1v) is 7.64. The van der Waals surface area contributed by atoms with Crippen molar-refractivity contribution in [3.05, 3.63) is 24.0 Å². The van der Waals surface area contributed by atoms with Crippen LogP contribution in [0.3, 0.4) is 0 Å². The van der Waals surface area contributed by atoms with Crippen LogP contribution >= 0.6 is 0 Å². The first-order valence-electron chi connectivity index (χ1n) is 6.16. The maximum absolute atomic E-state index is 12.3. The van der Waals surface area contributed by atoms with Crippen LogP contribution in [0.2, 0.25) is 0 Å². The Morgan fingerprint density at radius 1 is 1.53 bits per heavy atom. The average molecular weight is 280 g/mol. The fourth-order valence-corrected chi connectivity index (χ4v) is 3.87. The summed E-state index contributed by atoms with van der Waals surface area (Å²) < 4.78 is 27.2. The van der Waals surface area contributed by atoms with Crippen molar-refractivity contribution in [2.45, 2.75) is 30.2 Å². The van der Waals surface area contributed by atoms with E-state index in [1.807, 2.05) is 0 Å². The van der Waals surface area contributed by atoms with Crippen LogP contribution in [0.15, 0.2) is 23.2 Å². The molecule has 1 aliphatic carbocycles. The predicted molar refractivity (Wildman–Crippen MR) is 69.5 cm³/mol. The van der Waals surface area contributed by atoms with Crippen LogP contribution in [-0.4, -0.2) is 26.0 Å². The third-order valence-electron chi connectivity index (χ3n) is 3.43. The van der Waals surface area contributed by atoms with Gasteiger partial charge in [0.05, 0.1) is 0 Å². The van der Waals surface area contributed by atoms with Gasteiger partial charge in [-0.15, -0.1) is 0 Å². The third-order valence-corrected chi connectivity index (χ3v) is 4.96. The molecule has 102 valence electrons. The number of nitriles is 1. The smallest absolute Gasteiger partial charge is 0.243 e. The molecule has 2 atom stereocenters. The highest BCUT2D eigenvalue weighted by Crippen LogP contribution is 2.26. The summed E-state index contributed by atoms with van der Waals surface area (Å²) in [6.45, 7) is 0.464.